The minimum atomic E-state index is -0.153. The van der Waals surface area contributed by atoms with Crippen LogP contribution in [0.4, 0.5) is 5.69 Å². The summed E-state index contributed by atoms with van der Waals surface area (Å²) in [5.74, 6) is 1.34. The number of nitrogens with one attached hydrogen (secondary N) is 1. The van der Waals surface area contributed by atoms with Gasteiger partial charge in [0, 0.05) is 12.6 Å². The lowest BCUT2D eigenvalue weighted by molar-refractivity contribution is 0.281. The molecule has 0 radical (unpaired) electrons. The van der Waals surface area contributed by atoms with E-state index in [1.165, 1.54) is 36.0 Å². The summed E-state index contributed by atoms with van der Waals surface area (Å²) in [6, 6.07) is 15.4. The molecule has 3 N–H and O–H groups in total. The van der Waals surface area contributed by atoms with Gasteiger partial charge in [-0.05, 0) is 55.0 Å². The van der Waals surface area contributed by atoms with Crippen molar-refractivity contribution in [3.8, 4) is 5.75 Å². The van der Waals surface area contributed by atoms with E-state index < -0.39 is 0 Å². The van der Waals surface area contributed by atoms with Gasteiger partial charge in [-0.2, -0.15) is 0 Å². The highest BCUT2D eigenvalue weighted by molar-refractivity contribution is 5.89. The molecule has 6 heteroatoms. The zero-order valence-corrected chi connectivity index (χ0v) is 16.4. The summed E-state index contributed by atoms with van der Waals surface area (Å²) >= 11 is 0. The van der Waals surface area contributed by atoms with Gasteiger partial charge in [-0.1, -0.05) is 30.3 Å². The van der Waals surface area contributed by atoms with Gasteiger partial charge in [-0.15, -0.1) is 24.8 Å². The van der Waals surface area contributed by atoms with Crippen molar-refractivity contribution >= 4 is 36.3 Å². The third-order valence-electron chi connectivity index (χ3n) is 4.92. The lowest BCUT2D eigenvalue weighted by atomic mass is 9.87. The molecule has 2 aromatic carbocycles. The maximum Gasteiger partial charge on any atom is 0.153 e. The Hall–Kier alpha value is -1.75. The van der Waals surface area contributed by atoms with E-state index in [4.69, 9.17) is 10.5 Å². The summed E-state index contributed by atoms with van der Waals surface area (Å²) in [5, 5.41) is 3.70. The number of aryl methyl sites for hydroxylation is 1. The molecule has 0 amide bonds. The molecule has 4 nitrogen and oxygen atoms in total. The highest BCUT2D eigenvalue weighted by Crippen LogP contribution is 2.33. The lowest BCUT2D eigenvalue weighted by Crippen LogP contribution is -2.33. The standard InChI is InChI=1S/C20H23N3O.2ClH/c1-13-20(21)23-18-11-14(9-10-19(18)24-13)12-22-17-8-4-6-15-5-2-3-7-16(15)17;;/h2-3,5,7,9-11,13,17,22H,4,6,8,12H2,1H3,(H2,21,23);2*1H. The number of rotatable bonds is 3. The fourth-order valence-corrected chi connectivity index (χ4v) is 3.55. The molecule has 0 fully saturated rings. The Kier molecular flexibility index (Phi) is 6.93. The molecule has 0 spiro atoms. The number of aliphatic imine (C=N–C) groups is 1. The van der Waals surface area contributed by atoms with Crippen molar-refractivity contribution in [2.75, 3.05) is 0 Å². The molecule has 0 saturated heterocycles. The molecule has 1 heterocycles. The van der Waals surface area contributed by atoms with Crippen LogP contribution in [0.15, 0.2) is 47.5 Å². The fraction of sp³-hybridized carbons (Fsp3) is 0.350. The van der Waals surface area contributed by atoms with Crippen molar-refractivity contribution in [1.29, 1.82) is 0 Å². The third-order valence-corrected chi connectivity index (χ3v) is 4.92. The Morgan fingerprint density at radius 1 is 1.19 bits per heavy atom. The minimum Gasteiger partial charge on any atom is -0.481 e. The van der Waals surface area contributed by atoms with Gasteiger partial charge in [0.1, 0.15) is 17.3 Å². The number of nitrogens with zero attached hydrogens (tertiary/aromatic N) is 1. The first kappa shape index (κ1) is 20.6. The zero-order valence-electron chi connectivity index (χ0n) is 14.8. The normalized spacial score (nSPS) is 20.4. The van der Waals surface area contributed by atoms with Gasteiger partial charge >= 0.3 is 0 Å². The number of hydrogen-bond donors (Lipinski definition) is 2. The molecular formula is C20H25Cl2N3O. The van der Waals surface area contributed by atoms with Gasteiger partial charge in [0.2, 0.25) is 0 Å². The fourth-order valence-electron chi connectivity index (χ4n) is 3.55. The molecule has 0 bridgehead atoms. The Morgan fingerprint density at radius 3 is 2.85 bits per heavy atom. The molecule has 0 saturated carbocycles. The summed E-state index contributed by atoms with van der Waals surface area (Å²) in [5.41, 5.74) is 10.8. The molecule has 2 aromatic rings. The summed E-state index contributed by atoms with van der Waals surface area (Å²) in [6.45, 7) is 2.73. The second-order valence-corrected chi connectivity index (χ2v) is 6.62. The average molecular weight is 394 g/mol. The van der Waals surface area contributed by atoms with E-state index in [0.717, 1.165) is 18.0 Å². The summed E-state index contributed by atoms with van der Waals surface area (Å²) < 4.78 is 5.76. The topological polar surface area (TPSA) is 59.6 Å². The van der Waals surface area contributed by atoms with Crippen molar-refractivity contribution in [1.82, 2.24) is 5.32 Å². The van der Waals surface area contributed by atoms with Crippen LogP contribution >= 0.6 is 24.8 Å². The Labute approximate surface area is 167 Å². The van der Waals surface area contributed by atoms with Gasteiger partial charge < -0.3 is 15.8 Å². The molecule has 2 atom stereocenters. The predicted molar refractivity (Wildman–Crippen MR) is 111 cm³/mol. The van der Waals surface area contributed by atoms with Crippen LogP contribution < -0.4 is 15.8 Å². The van der Waals surface area contributed by atoms with Crippen LogP contribution in [0.5, 0.6) is 5.75 Å². The Bertz CT molecular complexity index is 794. The van der Waals surface area contributed by atoms with Crippen LogP contribution in [0.2, 0.25) is 0 Å². The summed E-state index contributed by atoms with van der Waals surface area (Å²) in [6.07, 6.45) is 3.47. The van der Waals surface area contributed by atoms with Gasteiger partial charge in [0.15, 0.2) is 6.10 Å². The average Bonchev–Trinajstić information content (AvgIpc) is 2.61. The van der Waals surface area contributed by atoms with Crippen molar-refractivity contribution in [2.45, 2.75) is 44.9 Å². The quantitative estimate of drug-likeness (QED) is 0.808. The molecule has 26 heavy (non-hydrogen) atoms. The number of amidine groups is 1. The molecule has 1 aliphatic carbocycles. The molecule has 2 aliphatic rings. The maximum atomic E-state index is 5.90. The van der Waals surface area contributed by atoms with Crippen LogP contribution in [0.3, 0.4) is 0 Å². The molecule has 140 valence electrons. The number of fused-ring (bicyclic) bond motifs is 2. The van der Waals surface area contributed by atoms with Crippen molar-refractivity contribution in [3.63, 3.8) is 0 Å². The largest absolute Gasteiger partial charge is 0.481 e. The highest BCUT2D eigenvalue weighted by atomic mass is 35.5. The maximum absolute atomic E-state index is 5.90. The number of hydrogen-bond acceptors (Lipinski definition) is 4. The SMILES string of the molecule is CC1Oc2ccc(CNC3CCCc4ccccc43)cc2N=C1N.Cl.Cl. The highest BCUT2D eigenvalue weighted by Gasteiger charge is 2.20. The second kappa shape index (κ2) is 8.76. The smallest absolute Gasteiger partial charge is 0.153 e. The van der Waals surface area contributed by atoms with E-state index in [-0.39, 0.29) is 30.9 Å². The number of ether oxygens (including phenoxy) is 1. The number of nitrogens with two attached hydrogens (primary N) is 1. The van der Waals surface area contributed by atoms with Gasteiger partial charge in [0.25, 0.3) is 0 Å². The van der Waals surface area contributed by atoms with Gasteiger partial charge in [-0.25, -0.2) is 4.99 Å². The number of halogens is 2. The van der Waals surface area contributed by atoms with E-state index in [1.54, 1.807) is 0 Å². The molecule has 4 rings (SSSR count). The molecular weight excluding hydrogens is 369 g/mol. The van der Waals surface area contributed by atoms with E-state index in [9.17, 15) is 0 Å². The first-order valence-corrected chi connectivity index (χ1v) is 8.65. The Morgan fingerprint density at radius 2 is 2.00 bits per heavy atom. The van der Waals surface area contributed by atoms with E-state index >= 15 is 0 Å². The first-order chi connectivity index (χ1) is 11.7. The third kappa shape index (κ3) is 4.14. The van der Waals surface area contributed by atoms with Crippen molar-refractivity contribution in [3.05, 3.63) is 59.2 Å². The zero-order chi connectivity index (χ0) is 16.5. The molecule has 0 aromatic heterocycles. The number of benzene rings is 2. The van der Waals surface area contributed by atoms with Gasteiger partial charge in [-0.3, -0.25) is 0 Å². The lowest BCUT2D eigenvalue weighted by Gasteiger charge is -2.27. The monoisotopic (exact) mass is 393 g/mol. The van der Waals surface area contributed by atoms with E-state index in [0.29, 0.717) is 11.9 Å². The first-order valence-electron chi connectivity index (χ1n) is 8.65. The van der Waals surface area contributed by atoms with Crippen LogP contribution in [0.1, 0.15) is 42.5 Å². The summed E-state index contributed by atoms with van der Waals surface area (Å²) in [4.78, 5) is 4.46. The molecule has 2 unspecified atom stereocenters. The second-order valence-electron chi connectivity index (χ2n) is 6.62. The van der Waals surface area contributed by atoms with Crippen LogP contribution in [0.25, 0.3) is 0 Å². The van der Waals surface area contributed by atoms with Crippen molar-refractivity contribution in [2.24, 2.45) is 10.7 Å². The summed E-state index contributed by atoms with van der Waals surface area (Å²) in [7, 11) is 0. The van der Waals surface area contributed by atoms with E-state index in [2.05, 4.69) is 46.7 Å². The van der Waals surface area contributed by atoms with E-state index in [1.807, 2.05) is 13.0 Å². The predicted octanol–water partition coefficient (Wildman–Crippen LogP) is 4.47. The van der Waals surface area contributed by atoms with Crippen LogP contribution in [0, 0.1) is 0 Å². The molecule has 1 aliphatic heterocycles. The van der Waals surface area contributed by atoms with Crippen molar-refractivity contribution < 1.29 is 4.74 Å². The van der Waals surface area contributed by atoms with Crippen LogP contribution in [-0.4, -0.2) is 11.9 Å². The van der Waals surface area contributed by atoms with Crippen LogP contribution in [-0.2, 0) is 13.0 Å². The minimum absolute atomic E-state index is 0. The Balaban J connectivity index is 0.00000121. The van der Waals surface area contributed by atoms with Gasteiger partial charge in [0.05, 0.1) is 0 Å².